The molecule has 0 atom stereocenters. The maximum absolute atomic E-state index is 12.7. The standard InChI is InChI=1S/C21H19N3O6S/c1-23(2)15-8-6-14(7-9-15)4-3-5-18-19(21(26)27)22-24(20(18)25)16-10-12-17(13-11-16)31(28,29)30/h3-13H,1-2H3,(H,26,27)(H,28,29,30)/p-1/b4-3+,18-5-. The summed E-state index contributed by atoms with van der Waals surface area (Å²) in [6, 6.07) is 12.1. The highest BCUT2D eigenvalue weighted by molar-refractivity contribution is 7.85. The van der Waals surface area contributed by atoms with Gasteiger partial charge >= 0.3 is 5.97 Å². The Morgan fingerprint density at radius 1 is 1.10 bits per heavy atom. The van der Waals surface area contributed by atoms with Crippen molar-refractivity contribution in [1.29, 1.82) is 0 Å². The lowest BCUT2D eigenvalue weighted by atomic mass is 10.1. The Hall–Kier alpha value is -3.76. The topological polar surface area (TPSA) is 130 Å². The Bertz CT molecular complexity index is 1210. The molecule has 0 aliphatic carbocycles. The summed E-state index contributed by atoms with van der Waals surface area (Å²) in [5, 5.41) is 14.1. The Labute approximate surface area is 179 Å². The van der Waals surface area contributed by atoms with Crippen LogP contribution in [0.4, 0.5) is 11.4 Å². The van der Waals surface area contributed by atoms with E-state index in [-0.39, 0.29) is 11.3 Å². The third-order valence-corrected chi connectivity index (χ3v) is 5.26. The molecule has 160 valence electrons. The first kappa shape index (κ1) is 21.9. The van der Waals surface area contributed by atoms with Gasteiger partial charge in [-0.2, -0.15) is 10.1 Å². The van der Waals surface area contributed by atoms with Crippen LogP contribution in [0.5, 0.6) is 0 Å². The quantitative estimate of drug-likeness (QED) is 0.537. The zero-order valence-corrected chi connectivity index (χ0v) is 17.4. The summed E-state index contributed by atoms with van der Waals surface area (Å²) in [5.74, 6) is -2.08. The molecule has 31 heavy (non-hydrogen) atoms. The predicted molar refractivity (Wildman–Crippen MR) is 115 cm³/mol. The molecule has 1 aliphatic rings. The smallest absolute Gasteiger partial charge is 0.357 e. The molecule has 3 rings (SSSR count). The van der Waals surface area contributed by atoms with Crippen molar-refractivity contribution in [3.8, 4) is 0 Å². The van der Waals surface area contributed by atoms with Crippen molar-refractivity contribution < 1.29 is 27.7 Å². The van der Waals surface area contributed by atoms with E-state index in [1.807, 2.05) is 43.3 Å². The van der Waals surface area contributed by atoms with Gasteiger partial charge in [-0.3, -0.25) is 4.79 Å². The molecule has 0 spiro atoms. The SMILES string of the molecule is CN(C)c1ccc(/C=C/C=C2\C(=O)N(c3ccc(S(=O)(=O)[O-])cc3)N=C2C(=O)O)cc1. The minimum atomic E-state index is -4.64. The van der Waals surface area contributed by atoms with Crippen molar-refractivity contribution >= 4 is 45.2 Å². The van der Waals surface area contributed by atoms with E-state index in [2.05, 4.69) is 5.10 Å². The number of hydrogen-bond donors (Lipinski definition) is 1. The first-order chi connectivity index (χ1) is 14.6. The number of anilines is 2. The Morgan fingerprint density at radius 3 is 2.23 bits per heavy atom. The number of carboxylic acid groups (broad SMARTS) is 1. The van der Waals surface area contributed by atoms with E-state index >= 15 is 0 Å². The van der Waals surface area contributed by atoms with Gasteiger partial charge in [-0.1, -0.05) is 24.3 Å². The van der Waals surface area contributed by atoms with Gasteiger partial charge < -0.3 is 14.6 Å². The van der Waals surface area contributed by atoms with Crippen LogP contribution >= 0.6 is 0 Å². The molecule has 9 nitrogen and oxygen atoms in total. The predicted octanol–water partition coefficient (Wildman–Crippen LogP) is 2.08. The first-order valence-electron chi connectivity index (χ1n) is 8.96. The monoisotopic (exact) mass is 440 g/mol. The maximum Gasteiger partial charge on any atom is 0.357 e. The van der Waals surface area contributed by atoms with Gasteiger partial charge in [0.25, 0.3) is 5.91 Å². The Morgan fingerprint density at radius 2 is 1.71 bits per heavy atom. The molecular weight excluding hydrogens is 422 g/mol. The molecule has 1 amide bonds. The van der Waals surface area contributed by atoms with Gasteiger partial charge in [0.2, 0.25) is 0 Å². The third-order valence-electron chi connectivity index (χ3n) is 4.41. The maximum atomic E-state index is 12.7. The molecule has 0 saturated carbocycles. The summed E-state index contributed by atoms with van der Waals surface area (Å²) in [6.45, 7) is 0. The molecule has 2 aromatic carbocycles. The number of carboxylic acids is 1. The van der Waals surface area contributed by atoms with Gasteiger partial charge in [-0.25, -0.2) is 13.2 Å². The van der Waals surface area contributed by atoms with E-state index in [0.29, 0.717) is 0 Å². The zero-order valence-electron chi connectivity index (χ0n) is 16.6. The van der Waals surface area contributed by atoms with Crippen molar-refractivity contribution in [2.45, 2.75) is 4.90 Å². The molecule has 10 heteroatoms. The Kier molecular flexibility index (Phi) is 6.04. The van der Waals surface area contributed by atoms with Crippen LogP contribution in [0.2, 0.25) is 0 Å². The van der Waals surface area contributed by atoms with E-state index in [1.54, 1.807) is 12.2 Å². The van der Waals surface area contributed by atoms with Gasteiger partial charge in [0, 0.05) is 19.8 Å². The number of aliphatic carboxylic acids is 1. The molecule has 1 heterocycles. The average molecular weight is 440 g/mol. The van der Waals surface area contributed by atoms with Crippen molar-refractivity contribution in [2.75, 3.05) is 24.0 Å². The van der Waals surface area contributed by atoms with Crippen molar-refractivity contribution in [3.05, 3.63) is 71.8 Å². The fourth-order valence-corrected chi connectivity index (χ4v) is 3.26. The lowest BCUT2D eigenvalue weighted by molar-refractivity contribution is -0.129. The summed E-state index contributed by atoms with van der Waals surface area (Å²) in [6.07, 6.45) is 4.62. The lowest BCUT2D eigenvalue weighted by Crippen LogP contribution is -2.22. The minimum Gasteiger partial charge on any atom is -0.744 e. The number of rotatable bonds is 6. The molecule has 0 unspecified atom stereocenters. The van der Waals surface area contributed by atoms with Crippen LogP contribution in [0.25, 0.3) is 6.08 Å². The van der Waals surface area contributed by atoms with Crippen LogP contribution in [-0.4, -0.2) is 49.8 Å². The number of hydrogen-bond acceptors (Lipinski definition) is 7. The fraction of sp³-hybridized carbons (Fsp3) is 0.0952. The fourth-order valence-electron chi connectivity index (χ4n) is 2.79. The third kappa shape index (κ3) is 4.87. The van der Waals surface area contributed by atoms with E-state index in [9.17, 15) is 27.7 Å². The number of carbonyl (C=O) groups excluding carboxylic acids is 1. The summed E-state index contributed by atoms with van der Waals surface area (Å²) in [4.78, 5) is 25.8. The van der Waals surface area contributed by atoms with Crippen LogP contribution in [-0.2, 0) is 19.7 Å². The number of hydrazone groups is 1. The van der Waals surface area contributed by atoms with Crippen molar-refractivity contribution in [1.82, 2.24) is 0 Å². The highest BCUT2D eigenvalue weighted by atomic mass is 32.2. The van der Waals surface area contributed by atoms with Gasteiger partial charge in [0.05, 0.1) is 16.2 Å². The summed E-state index contributed by atoms with van der Waals surface area (Å²) in [7, 11) is -0.798. The number of allylic oxidation sites excluding steroid dienone is 2. The lowest BCUT2D eigenvalue weighted by Gasteiger charge is -2.13. The molecule has 2 aromatic rings. The zero-order chi connectivity index (χ0) is 22.8. The van der Waals surface area contributed by atoms with Gasteiger partial charge in [-0.05, 0) is 48.0 Å². The van der Waals surface area contributed by atoms with Crippen LogP contribution in [0.3, 0.4) is 0 Å². The van der Waals surface area contributed by atoms with Crippen LogP contribution in [0.15, 0.2) is 76.3 Å². The van der Waals surface area contributed by atoms with Gasteiger partial charge in [0.1, 0.15) is 10.1 Å². The van der Waals surface area contributed by atoms with E-state index in [4.69, 9.17) is 0 Å². The largest absolute Gasteiger partial charge is 0.744 e. The molecule has 0 aromatic heterocycles. The van der Waals surface area contributed by atoms with Crippen molar-refractivity contribution in [2.24, 2.45) is 5.10 Å². The van der Waals surface area contributed by atoms with E-state index < -0.39 is 32.6 Å². The molecule has 0 saturated heterocycles. The summed E-state index contributed by atoms with van der Waals surface area (Å²) in [5.41, 5.74) is 1.43. The minimum absolute atomic E-state index is 0.128. The first-order valence-corrected chi connectivity index (χ1v) is 10.4. The average Bonchev–Trinajstić information content (AvgIpc) is 3.04. The summed E-state index contributed by atoms with van der Waals surface area (Å²) >= 11 is 0. The second kappa shape index (κ2) is 8.54. The normalized spacial score (nSPS) is 15.6. The van der Waals surface area contributed by atoms with E-state index in [0.717, 1.165) is 28.4 Å². The van der Waals surface area contributed by atoms with Crippen LogP contribution in [0.1, 0.15) is 5.56 Å². The molecule has 0 fully saturated rings. The molecule has 0 radical (unpaired) electrons. The molecular formula is C21H18N3O6S-. The number of nitrogens with zero attached hydrogens (tertiary/aromatic N) is 3. The molecule has 1 aliphatic heterocycles. The number of carbonyl (C=O) groups is 2. The Balaban J connectivity index is 1.86. The number of amides is 1. The second-order valence-electron chi connectivity index (χ2n) is 6.74. The summed E-state index contributed by atoms with van der Waals surface area (Å²) < 4.78 is 33.1. The van der Waals surface area contributed by atoms with Crippen molar-refractivity contribution in [3.63, 3.8) is 0 Å². The van der Waals surface area contributed by atoms with Crippen LogP contribution < -0.4 is 9.91 Å². The molecule has 1 N–H and O–H groups in total. The highest BCUT2D eigenvalue weighted by Crippen LogP contribution is 2.25. The highest BCUT2D eigenvalue weighted by Gasteiger charge is 2.34. The second-order valence-corrected chi connectivity index (χ2v) is 8.12. The number of benzene rings is 2. The van der Waals surface area contributed by atoms with Gasteiger partial charge in [0.15, 0.2) is 5.71 Å². The van der Waals surface area contributed by atoms with E-state index in [1.165, 1.54) is 18.2 Å². The molecule has 0 bridgehead atoms. The van der Waals surface area contributed by atoms with Crippen LogP contribution in [0, 0.1) is 0 Å². The van der Waals surface area contributed by atoms with Gasteiger partial charge in [-0.15, -0.1) is 0 Å².